The number of hydrogen-bond acceptors (Lipinski definition) is 2. The lowest BCUT2D eigenvalue weighted by molar-refractivity contribution is 0.747. The summed E-state index contributed by atoms with van der Waals surface area (Å²) in [6.45, 7) is 0. The lowest BCUT2D eigenvalue weighted by atomic mass is 9.88. The minimum Gasteiger partial charge on any atom is -0.333 e. The SMILES string of the molecule is C1=CC2c3c(ccc4ccccc34)N(c3ccc(N(c4ccc(-c5cc(-c6ccccc6)cc6ccccc56)cc4)c4cccc(-c5ccccc5)c4)cc3)C2C=C1. The Morgan fingerprint density at radius 1 is 0.379 bits per heavy atom. The molecule has 2 heteroatoms. The summed E-state index contributed by atoms with van der Waals surface area (Å²) in [7, 11) is 0. The highest BCUT2D eigenvalue weighted by Crippen LogP contribution is 2.51. The van der Waals surface area contributed by atoms with E-state index in [1.807, 2.05) is 0 Å². The van der Waals surface area contributed by atoms with Gasteiger partial charge < -0.3 is 9.80 Å². The normalized spacial score (nSPS) is 15.4. The number of hydrogen-bond donors (Lipinski definition) is 0. The summed E-state index contributed by atoms with van der Waals surface area (Å²) in [5.74, 6) is 0.298. The van der Waals surface area contributed by atoms with Crippen LogP contribution in [0.3, 0.4) is 0 Å². The zero-order chi connectivity index (χ0) is 38.4. The zero-order valence-electron chi connectivity index (χ0n) is 32.0. The van der Waals surface area contributed by atoms with Gasteiger partial charge in [0, 0.05) is 34.4 Å². The van der Waals surface area contributed by atoms with Gasteiger partial charge in [-0.05, 0) is 127 Å². The van der Waals surface area contributed by atoms with Crippen molar-refractivity contribution < 1.29 is 0 Å². The van der Waals surface area contributed by atoms with Crippen LogP contribution in [-0.4, -0.2) is 6.04 Å². The van der Waals surface area contributed by atoms with Crippen LogP contribution in [0.15, 0.2) is 231 Å². The van der Waals surface area contributed by atoms with Crippen molar-refractivity contribution in [3.8, 4) is 33.4 Å². The van der Waals surface area contributed by atoms with E-state index in [1.165, 1.54) is 71.9 Å². The van der Waals surface area contributed by atoms with Crippen LogP contribution in [0.2, 0.25) is 0 Å². The molecule has 2 unspecified atom stereocenters. The summed E-state index contributed by atoms with van der Waals surface area (Å²) in [4.78, 5) is 4.91. The molecule has 0 fully saturated rings. The Hall–Kier alpha value is -7.42. The molecule has 0 spiro atoms. The van der Waals surface area contributed by atoms with Crippen molar-refractivity contribution in [2.45, 2.75) is 12.0 Å². The fourth-order valence-corrected chi connectivity index (χ4v) is 9.23. The lowest BCUT2D eigenvalue weighted by Crippen LogP contribution is -2.28. The first-order valence-corrected chi connectivity index (χ1v) is 20.2. The fraction of sp³-hybridized carbons (Fsp3) is 0.0357. The molecule has 9 aromatic carbocycles. The van der Waals surface area contributed by atoms with Gasteiger partial charge in [-0.1, -0.05) is 164 Å². The van der Waals surface area contributed by atoms with Gasteiger partial charge >= 0.3 is 0 Å². The highest BCUT2D eigenvalue weighted by molar-refractivity contribution is 6.00. The van der Waals surface area contributed by atoms with E-state index in [2.05, 4.69) is 240 Å². The number of anilines is 5. The van der Waals surface area contributed by atoms with Crippen molar-refractivity contribution in [2.75, 3.05) is 9.80 Å². The van der Waals surface area contributed by atoms with Crippen molar-refractivity contribution in [1.82, 2.24) is 0 Å². The minimum atomic E-state index is 0.222. The second-order valence-electron chi connectivity index (χ2n) is 15.3. The van der Waals surface area contributed by atoms with Crippen LogP contribution < -0.4 is 9.80 Å². The molecule has 1 aliphatic heterocycles. The second-order valence-corrected chi connectivity index (χ2v) is 15.3. The monoisotopic (exact) mass is 740 g/mol. The van der Waals surface area contributed by atoms with Gasteiger partial charge in [-0.3, -0.25) is 0 Å². The van der Waals surface area contributed by atoms with E-state index < -0.39 is 0 Å². The quantitative estimate of drug-likeness (QED) is 0.161. The molecule has 0 amide bonds. The molecule has 1 heterocycles. The van der Waals surface area contributed by atoms with Crippen LogP contribution in [-0.2, 0) is 0 Å². The Morgan fingerprint density at radius 2 is 1.00 bits per heavy atom. The highest BCUT2D eigenvalue weighted by Gasteiger charge is 2.38. The van der Waals surface area contributed by atoms with Crippen LogP contribution in [0.25, 0.3) is 54.9 Å². The molecule has 0 saturated carbocycles. The third-order valence-electron chi connectivity index (χ3n) is 11.9. The van der Waals surface area contributed by atoms with E-state index in [9.17, 15) is 0 Å². The van der Waals surface area contributed by atoms with Crippen molar-refractivity contribution in [3.63, 3.8) is 0 Å². The van der Waals surface area contributed by atoms with Gasteiger partial charge in [0.15, 0.2) is 0 Å². The maximum Gasteiger partial charge on any atom is 0.0629 e. The standard InChI is InChI=1S/C56H40N2/c1-3-14-39(15-4-1)43-20-13-21-49(37-43)57(46-29-26-42(27-30-46)53-38-45(40-16-5-2-6-17-40)36-44-19-8-9-22-50(44)53)47-31-33-48(34-32-47)58-54-25-12-11-24-52(54)56-51-23-10-7-18-41(51)28-35-55(56)58/h1-38,52,54H. The van der Waals surface area contributed by atoms with Gasteiger partial charge in [0.2, 0.25) is 0 Å². The number of benzene rings is 9. The molecule has 0 N–H and O–H groups in total. The van der Waals surface area contributed by atoms with Gasteiger partial charge in [0.1, 0.15) is 0 Å². The van der Waals surface area contributed by atoms with E-state index in [4.69, 9.17) is 0 Å². The average molecular weight is 741 g/mol. The predicted molar refractivity (Wildman–Crippen MR) is 246 cm³/mol. The van der Waals surface area contributed by atoms with Gasteiger partial charge in [0.05, 0.1) is 6.04 Å². The first kappa shape index (κ1) is 33.9. The summed E-state index contributed by atoms with van der Waals surface area (Å²) >= 11 is 0. The molecule has 2 atom stereocenters. The van der Waals surface area contributed by atoms with Crippen molar-refractivity contribution in [2.24, 2.45) is 0 Å². The summed E-state index contributed by atoms with van der Waals surface area (Å²) in [5, 5.41) is 5.11. The van der Waals surface area contributed by atoms with Crippen LogP contribution in [0.5, 0.6) is 0 Å². The van der Waals surface area contributed by atoms with Gasteiger partial charge in [0.25, 0.3) is 0 Å². The first-order chi connectivity index (χ1) is 28.8. The summed E-state index contributed by atoms with van der Waals surface area (Å²) in [5.41, 5.74) is 14.4. The molecule has 11 rings (SSSR count). The maximum absolute atomic E-state index is 2.53. The number of fused-ring (bicyclic) bond motifs is 6. The molecule has 0 aromatic heterocycles. The molecule has 9 aromatic rings. The van der Waals surface area contributed by atoms with Crippen molar-refractivity contribution >= 4 is 50.0 Å². The number of rotatable bonds is 7. The van der Waals surface area contributed by atoms with E-state index in [-0.39, 0.29) is 6.04 Å². The molecule has 274 valence electrons. The van der Waals surface area contributed by atoms with Crippen LogP contribution in [0, 0.1) is 0 Å². The Labute approximate surface area is 339 Å². The Kier molecular flexibility index (Phi) is 8.33. The van der Waals surface area contributed by atoms with E-state index in [0.29, 0.717) is 5.92 Å². The van der Waals surface area contributed by atoms with Crippen molar-refractivity contribution in [3.05, 3.63) is 236 Å². The zero-order valence-corrected chi connectivity index (χ0v) is 32.0. The van der Waals surface area contributed by atoms with E-state index in [0.717, 1.165) is 17.1 Å². The fourth-order valence-electron chi connectivity index (χ4n) is 9.23. The van der Waals surface area contributed by atoms with Crippen molar-refractivity contribution in [1.29, 1.82) is 0 Å². The molecule has 1 aliphatic carbocycles. The van der Waals surface area contributed by atoms with Gasteiger partial charge in [-0.2, -0.15) is 0 Å². The third kappa shape index (κ3) is 5.90. The molecule has 0 radical (unpaired) electrons. The second kappa shape index (κ2) is 14.3. The molecule has 0 saturated heterocycles. The first-order valence-electron chi connectivity index (χ1n) is 20.2. The van der Waals surface area contributed by atoms with Gasteiger partial charge in [-0.15, -0.1) is 0 Å². The molecule has 0 bridgehead atoms. The summed E-state index contributed by atoms with van der Waals surface area (Å²) in [6, 6.07) is 75.4. The lowest BCUT2D eigenvalue weighted by Gasteiger charge is -2.30. The van der Waals surface area contributed by atoms with Crippen LogP contribution in [0.1, 0.15) is 11.5 Å². The molecular formula is C56H40N2. The summed E-state index contributed by atoms with van der Waals surface area (Å²) < 4.78 is 0. The van der Waals surface area contributed by atoms with E-state index >= 15 is 0 Å². The third-order valence-corrected chi connectivity index (χ3v) is 11.9. The smallest absolute Gasteiger partial charge is 0.0629 e. The molecule has 2 nitrogen and oxygen atoms in total. The topological polar surface area (TPSA) is 6.48 Å². The molecular weight excluding hydrogens is 701 g/mol. The molecule has 2 aliphatic rings. The minimum absolute atomic E-state index is 0.222. The highest BCUT2D eigenvalue weighted by atomic mass is 15.2. The Bertz CT molecular complexity index is 3000. The Balaban J connectivity index is 1.01. The summed E-state index contributed by atoms with van der Waals surface area (Å²) in [6.07, 6.45) is 9.13. The number of allylic oxidation sites excluding steroid dienone is 2. The number of nitrogens with zero attached hydrogens (tertiary/aromatic N) is 2. The largest absolute Gasteiger partial charge is 0.333 e. The van der Waals surface area contributed by atoms with E-state index in [1.54, 1.807) is 0 Å². The average Bonchev–Trinajstić information content (AvgIpc) is 3.65. The molecule has 58 heavy (non-hydrogen) atoms. The maximum atomic E-state index is 2.53. The predicted octanol–water partition coefficient (Wildman–Crippen LogP) is 15.2. The van der Waals surface area contributed by atoms with Crippen LogP contribution in [0.4, 0.5) is 28.4 Å². The Morgan fingerprint density at radius 3 is 1.76 bits per heavy atom. The van der Waals surface area contributed by atoms with Gasteiger partial charge in [-0.25, -0.2) is 0 Å². The van der Waals surface area contributed by atoms with Crippen LogP contribution >= 0.6 is 0 Å².